The molecule has 0 radical (unpaired) electrons. The van der Waals surface area contributed by atoms with E-state index in [1.165, 1.54) is 29.0 Å². The summed E-state index contributed by atoms with van der Waals surface area (Å²) in [5, 5.41) is 15.9. The molecule has 0 spiro atoms. The van der Waals surface area contributed by atoms with Gasteiger partial charge in [0.2, 0.25) is 6.29 Å². The van der Waals surface area contributed by atoms with E-state index < -0.39 is 47.4 Å². The predicted octanol–water partition coefficient (Wildman–Crippen LogP) is 3.29. The van der Waals surface area contributed by atoms with E-state index in [2.05, 4.69) is 27.4 Å². The van der Waals surface area contributed by atoms with E-state index in [9.17, 15) is 24.4 Å². The lowest BCUT2D eigenvalue weighted by molar-refractivity contribution is -0.169. The Bertz CT molecular complexity index is 1460. The van der Waals surface area contributed by atoms with Crippen LogP contribution in [0, 0.1) is 0 Å². The Kier molecular flexibility index (Phi) is 11.3. The standard InChI is InChI=1S/C28H32N6O8S2/c1-3-4-5-6-12-40-28(38)42-16(2)41-26(37)22-18(10-9-17-8-7-11-30-13-17)14-43-25-21(24(36)34(22)25)32-23(35)20(33-39)19-15-44-27(29)31-19/h7-11,13,15-16,21,25,39H,3-6,12,14H2,1-2H3,(H2,29,31)(H,32,35)/b10-9-,33-20-/t16?,21-,25-/m1/s1. The molecular formula is C28H32N6O8S2. The highest BCUT2D eigenvalue weighted by atomic mass is 32.2. The molecule has 1 unspecified atom stereocenters. The van der Waals surface area contributed by atoms with E-state index in [0.29, 0.717) is 12.0 Å². The maximum absolute atomic E-state index is 13.4. The highest BCUT2D eigenvalue weighted by Crippen LogP contribution is 2.41. The zero-order valence-corrected chi connectivity index (χ0v) is 25.6. The van der Waals surface area contributed by atoms with Gasteiger partial charge in [-0.25, -0.2) is 14.6 Å². The zero-order valence-electron chi connectivity index (χ0n) is 24.0. The maximum atomic E-state index is 13.4. The molecule has 2 aromatic rings. The first-order valence-corrected chi connectivity index (χ1v) is 15.7. The molecule has 3 atom stereocenters. The fraction of sp³-hybridized carbons (Fsp3) is 0.393. The van der Waals surface area contributed by atoms with Crippen LogP contribution in [0.2, 0.25) is 0 Å². The van der Waals surface area contributed by atoms with Crippen LogP contribution in [0.5, 0.6) is 0 Å². The molecule has 4 rings (SSSR count). The molecule has 2 aromatic heterocycles. The molecule has 44 heavy (non-hydrogen) atoms. The second-order valence-corrected chi connectivity index (χ2v) is 11.6. The number of β-lactam (4-membered cyclic amide) rings is 1. The summed E-state index contributed by atoms with van der Waals surface area (Å²) in [5.74, 6) is -2.06. The van der Waals surface area contributed by atoms with Gasteiger partial charge in [0.15, 0.2) is 10.8 Å². The number of thioether (sulfide) groups is 1. The van der Waals surface area contributed by atoms with Crippen molar-refractivity contribution < 1.29 is 38.6 Å². The lowest BCUT2D eigenvalue weighted by Crippen LogP contribution is -2.71. The molecule has 2 amide bonds. The zero-order chi connectivity index (χ0) is 31.6. The summed E-state index contributed by atoms with van der Waals surface area (Å²) in [6.07, 6.45) is 8.05. The number of carbonyl (C=O) groups is 4. The van der Waals surface area contributed by atoms with Crippen molar-refractivity contribution in [3.63, 3.8) is 0 Å². The number of nitrogens with two attached hydrogens (primary N) is 1. The van der Waals surface area contributed by atoms with Gasteiger partial charge in [0.1, 0.15) is 22.8 Å². The first-order chi connectivity index (χ1) is 21.2. The van der Waals surface area contributed by atoms with Crippen LogP contribution >= 0.6 is 23.1 Å². The van der Waals surface area contributed by atoms with Crippen molar-refractivity contribution in [2.24, 2.45) is 5.16 Å². The molecule has 0 saturated carbocycles. The third-order valence-corrected chi connectivity index (χ3v) is 8.45. The monoisotopic (exact) mass is 644 g/mol. The van der Waals surface area contributed by atoms with Crippen molar-refractivity contribution in [1.29, 1.82) is 0 Å². The molecule has 1 fully saturated rings. The number of nitrogens with one attached hydrogen (secondary N) is 1. The number of thiazole rings is 1. The van der Waals surface area contributed by atoms with Gasteiger partial charge in [-0.3, -0.25) is 19.5 Å². The molecule has 4 heterocycles. The van der Waals surface area contributed by atoms with E-state index in [1.54, 1.807) is 30.6 Å². The highest BCUT2D eigenvalue weighted by molar-refractivity contribution is 8.00. The van der Waals surface area contributed by atoms with Crippen molar-refractivity contribution >= 4 is 64.0 Å². The summed E-state index contributed by atoms with van der Waals surface area (Å²) < 4.78 is 15.5. The van der Waals surface area contributed by atoms with Gasteiger partial charge in [-0.2, -0.15) is 0 Å². The first-order valence-electron chi connectivity index (χ1n) is 13.8. The molecule has 1 saturated heterocycles. The summed E-state index contributed by atoms with van der Waals surface area (Å²) >= 11 is 2.36. The maximum Gasteiger partial charge on any atom is 0.511 e. The number of fused-ring (bicyclic) bond motifs is 1. The normalized spacial score (nSPS) is 18.8. The van der Waals surface area contributed by atoms with Crippen molar-refractivity contribution in [1.82, 2.24) is 20.2 Å². The number of pyridine rings is 1. The van der Waals surface area contributed by atoms with E-state index in [4.69, 9.17) is 19.9 Å². The van der Waals surface area contributed by atoms with Gasteiger partial charge in [-0.15, -0.1) is 23.1 Å². The van der Waals surface area contributed by atoms with Crippen molar-refractivity contribution in [2.45, 2.75) is 57.2 Å². The number of esters is 1. The van der Waals surface area contributed by atoms with Gasteiger partial charge in [0.05, 0.1) is 6.61 Å². The Morgan fingerprint density at radius 1 is 1.27 bits per heavy atom. The van der Waals surface area contributed by atoms with Crippen LogP contribution in [0.25, 0.3) is 6.08 Å². The van der Waals surface area contributed by atoms with E-state index in [1.807, 2.05) is 6.07 Å². The number of allylic oxidation sites excluding steroid dienone is 1. The molecule has 14 nitrogen and oxygen atoms in total. The number of nitrogens with zero attached hydrogens (tertiary/aromatic N) is 4. The van der Waals surface area contributed by atoms with Gasteiger partial charge in [-0.05, 0) is 23.6 Å². The van der Waals surface area contributed by atoms with Crippen LogP contribution in [0.3, 0.4) is 0 Å². The fourth-order valence-corrected chi connectivity index (χ4v) is 6.20. The number of hydrogen-bond donors (Lipinski definition) is 3. The van der Waals surface area contributed by atoms with Crippen LogP contribution in [0.4, 0.5) is 9.93 Å². The lowest BCUT2D eigenvalue weighted by Gasteiger charge is -2.49. The van der Waals surface area contributed by atoms with Crippen molar-refractivity contribution in [3.05, 3.63) is 58.5 Å². The summed E-state index contributed by atoms with van der Waals surface area (Å²) in [7, 11) is 0. The summed E-state index contributed by atoms with van der Waals surface area (Å²) in [6, 6.07) is 2.54. The number of carbonyl (C=O) groups excluding carboxylic acids is 4. The summed E-state index contributed by atoms with van der Waals surface area (Å²) in [5.41, 5.74) is 6.43. The minimum Gasteiger partial charge on any atom is -0.434 e. The number of nitrogen functional groups attached to an aromatic ring is 1. The molecule has 0 aliphatic carbocycles. The van der Waals surface area contributed by atoms with E-state index in [0.717, 1.165) is 36.2 Å². The quantitative estimate of drug-likeness (QED) is 0.0548. The summed E-state index contributed by atoms with van der Waals surface area (Å²) in [4.78, 5) is 61.0. The van der Waals surface area contributed by atoms with Crippen LogP contribution in [0.1, 0.15) is 50.8 Å². The predicted molar refractivity (Wildman–Crippen MR) is 162 cm³/mol. The van der Waals surface area contributed by atoms with E-state index >= 15 is 0 Å². The Morgan fingerprint density at radius 2 is 2.09 bits per heavy atom. The molecule has 4 N–H and O–H groups in total. The molecule has 0 bridgehead atoms. The van der Waals surface area contributed by atoms with Gasteiger partial charge in [0, 0.05) is 30.5 Å². The second-order valence-electron chi connectivity index (χ2n) is 9.62. The number of oxime groups is 1. The third-order valence-electron chi connectivity index (χ3n) is 6.47. The number of hydrogen-bond acceptors (Lipinski definition) is 14. The highest BCUT2D eigenvalue weighted by Gasteiger charge is 2.54. The van der Waals surface area contributed by atoms with Crippen LogP contribution in [0.15, 0.2) is 52.4 Å². The first kappa shape index (κ1) is 32.5. The minimum absolute atomic E-state index is 0.0490. The summed E-state index contributed by atoms with van der Waals surface area (Å²) in [6.45, 7) is 3.61. The Hall–Kier alpha value is -4.44. The van der Waals surface area contributed by atoms with Gasteiger partial charge < -0.3 is 30.5 Å². The third kappa shape index (κ3) is 7.93. The SMILES string of the molecule is CCCCCCOC(=O)OC(C)OC(=O)C1=C(/C=C\c2cccnc2)CS[C@@H]2[C@H](NC(=O)/C(=N\O)c3csc(N)n3)C(=O)N12. The van der Waals surface area contributed by atoms with Gasteiger partial charge in [-0.1, -0.05) is 49.6 Å². The average Bonchev–Trinajstić information content (AvgIpc) is 3.44. The molecule has 16 heteroatoms. The number of anilines is 1. The number of unbranched alkanes of at least 4 members (excludes halogenated alkanes) is 3. The topological polar surface area (TPSA) is 196 Å². The number of amides is 2. The van der Waals surface area contributed by atoms with Gasteiger partial charge >= 0.3 is 12.1 Å². The van der Waals surface area contributed by atoms with Crippen LogP contribution < -0.4 is 11.1 Å². The Labute approximate surface area is 261 Å². The van der Waals surface area contributed by atoms with E-state index in [-0.39, 0.29) is 28.9 Å². The average molecular weight is 645 g/mol. The lowest BCUT2D eigenvalue weighted by atomic mass is 10.0. The molecule has 2 aliphatic rings. The Balaban J connectivity index is 1.48. The molecule has 0 aromatic carbocycles. The molecule has 2 aliphatic heterocycles. The van der Waals surface area contributed by atoms with Crippen LogP contribution in [-0.4, -0.2) is 79.8 Å². The molecular weight excluding hydrogens is 612 g/mol. The van der Waals surface area contributed by atoms with Crippen molar-refractivity contribution in [3.8, 4) is 0 Å². The second kappa shape index (κ2) is 15.3. The number of rotatable bonds is 13. The fourth-order valence-electron chi connectivity index (χ4n) is 4.33. The smallest absolute Gasteiger partial charge is 0.434 e. The molecule has 234 valence electrons. The van der Waals surface area contributed by atoms with Crippen LogP contribution in [-0.2, 0) is 28.6 Å². The number of ether oxygens (including phenoxy) is 3. The van der Waals surface area contributed by atoms with Crippen molar-refractivity contribution in [2.75, 3.05) is 18.1 Å². The Morgan fingerprint density at radius 3 is 2.77 bits per heavy atom. The largest absolute Gasteiger partial charge is 0.511 e. The van der Waals surface area contributed by atoms with Gasteiger partial charge in [0.25, 0.3) is 11.8 Å². The minimum atomic E-state index is -1.31. The number of aromatic nitrogens is 2.